The number of nitrogen functional groups attached to an aromatic ring is 1. The first-order valence-electron chi connectivity index (χ1n) is 3.47. The number of nitrogens with two attached hydrogens (primary N) is 1. The van der Waals surface area contributed by atoms with Gasteiger partial charge < -0.3 is 5.73 Å². The van der Waals surface area contributed by atoms with Crippen LogP contribution in [0.2, 0.25) is 0 Å². The molecule has 0 unspecified atom stereocenters. The quantitative estimate of drug-likeness (QED) is 0.609. The lowest BCUT2D eigenvalue weighted by Gasteiger charge is -1.95. The lowest BCUT2D eigenvalue weighted by atomic mass is 10.4. The van der Waals surface area contributed by atoms with Gasteiger partial charge in [-0.2, -0.15) is 0 Å². The van der Waals surface area contributed by atoms with Gasteiger partial charge in [-0.1, -0.05) is 6.07 Å². The highest BCUT2D eigenvalue weighted by Gasteiger charge is 1.97. The molecule has 0 fully saturated rings. The minimum absolute atomic E-state index is 0.725. The van der Waals surface area contributed by atoms with Crippen molar-refractivity contribution < 1.29 is 0 Å². The van der Waals surface area contributed by atoms with E-state index in [0.29, 0.717) is 0 Å². The molecule has 0 spiro atoms. The van der Waals surface area contributed by atoms with Crippen LogP contribution in [0, 0.1) is 6.92 Å². The molecule has 0 aliphatic carbocycles. The van der Waals surface area contributed by atoms with Crippen molar-refractivity contribution in [2.45, 2.75) is 6.92 Å². The van der Waals surface area contributed by atoms with Gasteiger partial charge in [-0.3, -0.25) is 4.40 Å². The number of aryl methyl sites for hydroxylation is 1. The monoisotopic (exact) mass is 147 g/mol. The molecule has 2 N–H and O–H groups in total. The Balaban J connectivity index is 2.90. The van der Waals surface area contributed by atoms with Crippen LogP contribution in [-0.2, 0) is 0 Å². The van der Waals surface area contributed by atoms with Gasteiger partial charge in [0.15, 0.2) is 0 Å². The summed E-state index contributed by atoms with van der Waals surface area (Å²) in [6, 6.07) is 5.69. The second-order valence-electron chi connectivity index (χ2n) is 2.56. The highest BCUT2D eigenvalue weighted by molar-refractivity contribution is 5.48. The van der Waals surface area contributed by atoms with Crippen molar-refractivity contribution in [3.8, 4) is 0 Å². The lowest BCUT2D eigenvalue weighted by Crippen LogP contribution is -1.93. The van der Waals surface area contributed by atoms with Crippen molar-refractivity contribution in [1.29, 1.82) is 0 Å². The summed E-state index contributed by atoms with van der Waals surface area (Å²) in [5.41, 5.74) is 7.59. The van der Waals surface area contributed by atoms with Crippen LogP contribution in [0.5, 0.6) is 0 Å². The van der Waals surface area contributed by atoms with Crippen LogP contribution in [0.1, 0.15) is 5.69 Å². The number of hydrogen-bond donors (Lipinski definition) is 1. The summed E-state index contributed by atoms with van der Waals surface area (Å²) < 4.78 is 1.87. The summed E-state index contributed by atoms with van der Waals surface area (Å²) in [6.07, 6.45) is 1.92. The van der Waals surface area contributed by atoms with Crippen LogP contribution in [-0.4, -0.2) is 9.38 Å². The largest absolute Gasteiger partial charge is 0.385 e. The fourth-order valence-electron chi connectivity index (χ4n) is 1.15. The Kier molecular flexibility index (Phi) is 1.12. The summed E-state index contributed by atoms with van der Waals surface area (Å²) in [6.45, 7) is 1.95. The molecule has 56 valence electrons. The Morgan fingerprint density at radius 2 is 2.27 bits per heavy atom. The number of fused-ring (bicyclic) bond motifs is 1. The minimum atomic E-state index is 0.725. The molecule has 0 aliphatic rings. The number of aromatic nitrogens is 2. The third kappa shape index (κ3) is 0.852. The van der Waals surface area contributed by atoms with Crippen molar-refractivity contribution >= 4 is 11.5 Å². The first-order valence-corrected chi connectivity index (χ1v) is 3.47. The van der Waals surface area contributed by atoms with Crippen molar-refractivity contribution in [2.24, 2.45) is 0 Å². The van der Waals surface area contributed by atoms with E-state index in [4.69, 9.17) is 5.73 Å². The van der Waals surface area contributed by atoms with Gasteiger partial charge in [0.2, 0.25) is 0 Å². The molecule has 2 rings (SSSR count). The number of anilines is 1. The van der Waals surface area contributed by atoms with Crippen LogP contribution < -0.4 is 5.73 Å². The van der Waals surface area contributed by atoms with Gasteiger partial charge in [-0.05, 0) is 19.1 Å². The van der Waals surface area contributed by atoms with Crippen LogP contribution in [0.25, 0.3) is 5.65 Å². The molecular formula is C8H9N3. The Morgan fingerprint density at radius 1 is 1.45 bits per heavy atom. The molecule has 2 aromatic heterocycles. The Morgan fingerprint density at radius 3 is 3.00 bits per heavy atom. The van der Waals surface area contributed by atoms with Gasteiger partial charge in [0.25, 0.3) is 0 Å². The molecule has 0 radical (unpaired) electrons. The van der Waals surface area contributed by atoms with E-state index in [0.717, 1.165) is 17.2 Å². The SMILES string of the molecule is Cc1cn2c(N)cccc2n1. The van der Waals surface area contributed by atoms with Crippen molar-refractivity contribution in [3.63, 3.8) is 0 Å². The fraction of sp³-hybridized carbons (Fsp3) is 0.125. The summed E-state index contributed by atoms with van der Waals surface area (Å²) in [7, 11) is 0. The zero-order chi connectivity index (χ0) is 7.84. The third-order valence-corrected chi connectivity index (χ3v) is 1.64. The molecule has 0 saturated carbocycles. The summed E-state index contributed by atoms with van der Waals surface area (Å²) in [5.74, 6) is 0.725. The molecule has 3 nitrogen and oxygen atoms in total. The van der Waals surface area contributed by atoms with Gasteiger partial charge >= 0.3 is 0 Å². The van der Waals surface area contributed by atoms with E-state index in [2.05, 4.69) is 4.98 Å². The Labute approximate surface area is 64.5 Å². The first kappa shape index (κ1) is 6.22. The second kappa shape index (κ2) is 1.99. The Bertz CT molecular complexity index is 389. The van der Waals surface area contributed by atoms with Gasteiger partial charge in [0, 0.05) is 6.20 Å². The average Bonchev–Trinajstić information content (AvgIpc) is 2.31. The van der Waals surface area contributed by atoms with Gasteiger partial charge in [0.1, 0.15) is 11.5 Å². The highest BCUT2D eigenvalue weighted by atomic mass is 15.0. The molecule has 2 heterocycles. The maximum atomic E-state index is 5.69. The van der Waals surface area contributed by atoms with E-state index < -0.39 is 0 Å². The zero-order valence-electron chi connectivity index (χ0n) is 6.28. The van der Waals surface area contributed by atoms with E-state index in [1.807, 2.05) is 35.7 Å². The van der Waals surface area contributed by atoms with E-state index in [9.17, 15) is 0 Å². The van der Waals surface area contributed by atoms with E-state index in [1.165, 1.54) is 0 Å². The number of pyridine rings is 1. The molecule has 0 bridgehead atoms. The van der Waals surface area contributed by atoms with E-state index in [-0.39, 0.29) is 0 Å². The summed E-state index contributed by atoms with van der Waals surface area (Å²) in [4.78, 5) is 4.26. The number of hydrogen-bond acceptors (Lipinski definition) is 2. The van der Waals surface area contributed by atoms with Crippen molar-refractivity contribution in [2.75, 3.05) is 5.73 Å². The van der Waals surface area contributed by atoms with Crippen LogP contribution in [0.4, 0.5) is 5.82 Å². The van der Waals surface area contributed by atoms with E-state index in [1.54, 1.807) is 0 Å². The molecule has 11 heavy (non-hydrogen) atoms. The van der Waals surface area contributed by atoms with Gasteiger partial charge in [-0.25, -0.2) is 4.98 Å². The predicted molar refractivity (Wildman–Crippen MR) is 44.3 cm³/mol. The molecule has 0 saturated heterocycles. The van der Waals surface area contributed by atoms with Crippen LogP contribution >= 0.6 is 0 Å². The highest BCUT2D eigenvalue weighted by Crippen LogP contribution is 2.08. The van der Waals surface area contributed by atoms with Crippen molar-refractivity contribution in [1.82, 2.24) is 9.38 Å². The van der Waals surface area contributed by atoms with Gasteiger partial charge in [-0.15, -0.1) is 0 Å². The fourth-order valence-corrected chi connectivity index (χ4v) is 1.15. The number of nitrogens with zero attached hydrogens (tertiary/aromatic N) is 2. The van der Waals surface area contributed by atoms with Gasteiger partial charge in [0.05, 0.1) is 5.69 Å². The second-order valence-corrected chi connectivity index (χ2v) is 2.56. The smallest absolute Gasteiger partial charge is 0.138 e. The Hall–Kier alpha value is -1.51. The van der Waals surface area contributed by atoms with Crippen LogP contribution in [0.3, 0.4) is 0 Å². The molecule has 0 atom stereocenters. The third-order valence-electron chi connectivity index (χ3n) is 1.64. The molecule has 0 aliphatic heterocycles. The summed E-state index contributed by atoms with van der Waals surface area (Å²) >= 11 is 0. The maximum absolute atomic E-state index is 5.69. The average molecular weight is 147 g/mol. The molecular weight excluding hydrogens is 138 g/mol. The topological polar surface area (TPSA) is 43.3 Å². The standard InChI is InChI=1S/C8H9N3/c1-6-5-11-7(9)3-2-4-8(11)10-6/h2-5H,9H2,1H3. The van der Waals surface area contributed by atoms with Crippen molar-refractivity contribution in [3.05, 3.63) is 30.1 Å². The first-order chi connectivity index (χ1) is 5.27. The number of rotatable bonds is 0. The number of imidazole rings is 1. The summed E-state index contributed by atoms with van der Waals surface area (Å²) in [5, 5.41) is 0. The molecule has 0 amide bonds. The van der Waals surface area contributed by atoms with E-state index >= 15 is 0 Å². The minimum Gasteiger partial charge on any atom is -0.385 e. The molecule has 3 heteroatoms. The van der Waals surface area contributed by atoms with Crippen LogP contribution in [0.15, 0.2) is 24.4 Å². The predicted octanol–water partition coefficient (Wildman–Crippen LogP) is 1.22. The molecule has 2 aromatic rings. The maximum Gasteiger partial charge on any atom is 0.138 e. The molecule has 0 aromatic carbocycles. The lowest BCUT2D eigenvalue weighted by molar-refractivity contribution is 1.20. The zero-order valence-corrected chi connectivity index (χ0v) is 6.28. The normalized spacial score (nSPS) is 10.6.